The molecule has 0 bridgehead atoms. The number of halogens is 1. The van der Waals surface area contributed by atoms with Gasteiger partial charge >= 0.3 is 0 Å². The first-order chi connectivity index (χ1) is 11.1. The molecule has 2 aromatic rings. The Hall–Kier alpha value is -2.11. The number of methoxy groups -OCH3 is 1. The van der Waals surface area contributed by atoms with E-state index < -0.39 is 17.5 Å². The van der Waals surface area contributed by atoms with Crippen LogP contribution in [0.1, 0.15) is 17.2 Å². The molecule has 122 valence electrons. The maximum absolute atomic E-state index is 13.9. The molecule has 3 rings (SSSR count). The molecule has 1 aliphatic carbocycles. The van der Waals surface area contributed by atoms with Gasteiger partial charge in [0.1, 0.15) is 11.4 Å². The van der Waals surface area contributed by atoms with Gasteiger partial charge in [-0.2, -0.15) is 0 Å². The molecule has 2 unspecified atom stereocenters. The van der Waals surface area contributed by atoms with Gasteiger partial charge in [0.25, 0.3) is 0 Å². The molecule has 4 nitrogen and oxygen atoms in total. The molecule has 2 atom stereocenters. The van der Waals surface area contributed by atoms with Crippen molar-refractivity contribution in [3.8, 4) is 11.5 Å². The van der Waals surface area contributed by atoms with Crippen molar-refractivity contribution in [2.24, 2.45) is 0 Å². The minimum atomic E-state index is -1.15. The molecule has 23 heavy (non-hydrogen) atoms. The zero-order chi connectivity index (χ0) is 16.4. The molecule has 0 saturated carbocycles. The fraction of sp³-hybridized carbons (Fsp3) is 0.333. The second kappa shape index (κ2) is 6.18. The summed E-state index contributed by atoms with van der Waals surface area (Å²) in [5.41, 5.74) is 0.654. The Kier molecular flexibility index (Phi) is 4.24. The summed E-state index contributed by atoms with van der Waals surface area (Å²) < 4.78 is 25.0. The van der Waals surface area contributed by atoms with Crippen LogP contribution in [0.25, 0.3) is 0 Å². The monoisotopic (exact) mass is 317 g/mol. The highest BCUT2D eigenvalue weighted by molar-refractivity contribution is 5.44. The van der Waals surface area contributed by atoms with E-state index in [9.17, 15) is 9.50 Å². The molecular weight excluding hydrogens is 297 g/mol. The first kappa shape index (κ1) is 15.8. The molecule has 0 aromatic heterocycles. The first-order valence-electron chi connectivity index (χ1n) is 7.52. The number of rotatable bonds is 5. The van der Waals surface area contributed by atoms with Crippen LogP contribution in [0.2, 0.25) is 0 Å². The van der Waals surface area contributed by atoms with Gasteiger partial charge in [0.15, 0.2) is 17.7 Å². The smallest absolute Gasteiger partial charge is 0.165 e. The topological polar surface area (TPSA) is 50.7 Å². The molecule has 0 aliphatic heterocycles. The zero-order valence-electron chi connectivity index (χ0n) is 13.2. The highest BCUT2D eigenvalue weighted by Crippen LogP contribution is 2.43. The van der Waals surface area contributed by atoms with E-state index in [0.29, 0.717) is 13.0 Å². The number of fused-ring (bicyclic) bond motifs is 1. The molecular formula is C18H20FNO3. The van der Waals surface area contributed by atoms with E-state index in [0.717, 1.165) is 16.9 Å². The van der Waals surface area contributed by atoms with Crippen molar-refractivity contribution < 1.29 is 19.0 Å². The van der Waals surface area contributed by atoms with Crippen molar-refractivity contribution in [2.45, 2.75) is 18.1 Å². The van der Waals surface area contributed by atoms with Gasteiger partial charge in [-0.15, -0.1) is 0 Å². The van der Waals surface area contributed by atoms with E-state index >= 15 is 0 Å². The van der Waals surface area contributed by atoms with E-state index in [-0.39, 0.29) is 5.75 Å². The predicted molar refractivity (Wildman–Crippen MR) is 85.3 cm³/mol. The summed E-state index contributed by atoms with van der Waals surface area (Å²) in [6, 6.07) is 11.8. The lowest BCUT2D eigenvalue weighted by Crippen LogP contribution is -2.45. The number of likely N-dealkylation sites (N-methyl/N-ethyl adjacent to an activating group) is 1. The average molecular weight is 317 g/mol. The van der Waals surface area contributed by atoms with Gasteiger partial charge in [0.2, 0.25) is 0 Å². The fourth-order valence-corrected chi connectivity index (χ4v) is 3.13. The summed E-state index contributed by atoms with van der Waals surface area (Å²) in [5, 5.41) is 14.0. The van der Waals surface area contributed by atoms with Gasteiger partial charge in [0.05, 0.1) is 7.11 Å². The second-order valence-electron chi connectivity index (χ2n) is 5.80. The van der Waals surface area contributed by atoms with E-state index in [1.165, 1.54) is 6.07 Å². The molecule has 0 radical (unpaired) electrons. The number of hydrogen-bond donors (Lipinski definition) is 2. The van der Waals surface area contributed by atoms with Crippen LogP contribution in [0.15, 0.2) is 42.5 Å². The van der Waals surface area contributed by atoms with Crippen LogP contribution in [0, 0.1) is 5.82 Å². The highest BCUT2D eigenvalue weighted by Gasteiger charge is 2.46. The summed E-state index contributed by atoms with van der Waals surface area (Å²) in [6.07, 6.45) is -0.229. The maximum atomic E-state index is 13.9. The molecule has 0 fully saturated rings. The van der Waals surface area contributed by atoms with Crippen molar-refractivity contribution in [2.75, 3.05) is 20.7 Å². The molecule has 2 aromatic carbocycles. The van der Waals surface area contributed by atoms with Gasteiger partial charge in [-0.05, 0) is 42.4 Å². The number of benzene rings is 2. The lowest BCUT2D eigenvalue weighted by atomic mass is 9.97. The minimum absolute atomic E-state index is 0.135. The van der Waals surface area contributed by atoms with Gasteiger partial charge in [-0.25, -0.2) is 4.39 Å². The van der Waals surface area contributed by atoms with Crippen LogP contribution in [-0.4, -0.2) is 31.4 Å². The lowest BCUT2D eigenvalue weighted by molar-refractivity contribution is -0.0496. The van der Waals surface area contributed by atoms with Crippen LogP contribution in [0.4, 0.5) is 4.39 Å². The number of aliphatic hydroxyl groups is 1. The Morgan fingerprint density at radius 2 is 2.09 bits per heavy atom. The van der Waals surface area contributed by atoms with Crippen molar-refractivity contribution in [1.29, 1.82) is 0 Å². The fourth-order valence-electron chi connectivity index (χ4n) is 3.13. The van der Waals surface area contributed by atoms with Crippen molar-refractivity contribution in [3.63, 3.8) is 0 Å². The largest absolute Gasteiger partial charge is 0.497 e. The Morgan fingerprint density at radius 1 is 1.30 bits per heavy atom. The van der Waals surface area contributed by atoms with E-state index in [1.807, 2.05) is 18.2 Å². The molecule has 5 heteroatoms. The lowest BCUT2D eigenvalue weighted by Gasteiger charge is -2.30. The van der Waals surface area contributed by atoms with E-state index in [2.05, 4.69) is 5.32 Å². The Labute approximate surface area is 134 Å². The van der Waals surface area contributed by atoms with Crippen LogP contribution in [0.5, 0.6) is 11.5 Å². The number of hydrogen-bond acceptors (Lipinski definition) is 4. The summed E-state index contributed by atoms with van der Waals surface area (Å²) in [5.74, 6) is 0.416. The Morgan fingerprint density at radius 3 is 2.78 bits per heavy atom. The van der Waals surface area contributed by atoms with Crippen molar-refractivity contribution in [3.05, 3.63) is 59.4 Å². The minimum Gasteiger partial charge on any atom is -0.497 e. The summed E-state index contributed by atoms with van der Waals surface area (Å²) in [7, 11) is 3.37. The van der Waals surface area contributed by atoms with Crippen molar-refractivity contribution >= 4 is 0 Å². The number of para-hydroxylation sites is 1. The maximum Gasteiger partial charge on any atom is 0.165 e. The summed E-state index contributed by atoms with van der Waals surface area (Å²) >= 11 is 0. The second-order valence-corrected chi connectivity index (χ2v) is 5.80. The van der Waals surface area contributed by atoms with E-state index in [1.54, 1.807) is 32.4 Å². The van der Waals surface area contributed by atoms with E-state index in [4.69, 9.17) is 9.47 Å². The summed E-state index contributed by atoms with van der Waals surface area (Å²) in [4.78, 5) is 0. The molecule has 0 saturated heterocycles. The van der Waals surface area contributed by atoms with Gasteiger partial charge in [0, 0.05) is 13.0 Å². The van der Waals surface area contributed by atoms with Crippen molar-refractivity contribution in [1.82, 2.24) is 5.32 Å². The molecule has 1 aliphatic rings. The van der Waals surface area contributed by atoms with Crippen LogP contribution >= 0.6 is 0 Å². The van der Waals surface area contributed by atoms with Gasteiger partial charge in [-0.1, -0.05) is 18.2 Å². The third-order valence-corrected chi connectivity index (χ3v) is 4.18. The average Bonchev–Trinajstić information content (AvgIpc) is 2.81. The highest BCUT2D eigenvalue weighted by atomic mass is 19.1. The SMILES string of the molecule is CNCC1(O)Cc2cc(OC)ccc2C1Oc1ccccc1F. The third-order valence-electron chi connectivity index (χ3n) is 4.18. The first-order valence-corrected chi connectivity index (χ1v) is 7.52. The quantitative estimate of drug-likeness (QED) is 0.889. The zero-order valence-corrected chi connectivity index (χ0v) is 13.2. The third kappa shape index (κ3) is 2.90. The molecule has 0 spiro atoms. The number of nitrogens with one attached hydrogen (secondary N) is 1. The molecule has 0 heterocycles. The predicted octanol–water partition coefficient (Wildman–Crippen LogP) is 2.46. The van der Waals surface area contributed by atoms with Gasteiger partial charge < -0.3 is 19.9 Å². The van der Waals surface area contributed by atoms with Crippen LogP contribution in [-0.2, 0) is 6.42 Å². The standard InChI is InChI=1S/C18H20FNO3/c1-20-11-18(21)10-12-9-13(22-2)7-8-14(12)17(18)23-16-6-4-3-5-15(16)19/h3-9,17,20-21H,10-11H2,1-2H3. The Bertz CT molecular complexity index is 706. The van der Waals surface area contributed by atoms with Crippen LogP contribution < -0.4 is 14.8 Å². The van der Waals surface area contributed by atoms with Gasteiger partial charge in [-0.3, -0.25) is 0 Å². The normalized spacial score (nSPS) is 22.7. The Balaban J connectivity index is 1.99. The molecule has 0 amide bonds. The number of ether oxygens (including phenoxy) is 2. The molecule has 2 N–H and O–H groups in total. The van der Waals surface area contributed by atoms with Crippen LogP contribution in [0.3, 0.4) is 0 Å². The summed E-state index contributed by atoms with van der Waals surface area (Å²) in [6.45, 7) is 0.336.